The SMILES string of the molecule is Clc1cccc(Oc2ccc(Oc3cccc(Cl)c3)cc2)c1. The first-order valence-corrected chi connectivity index (χ1v) is 7.41. The van der Waals surface area contributed by atoms with Gasteiger partial charge in [0.2, 0.25) is 0 Å². The smallest absolute Gasteiger partial charge is 0.128 e. The zero-order chi connectivity index (χ0) is 15.4. The highest BCUT2D eigenvalue weighted by Gasteiger charge is 2.01. The van der Waals surface area contributed by atoms with Crippen LogP contribution in [0, 0.1) is 0 Å². The monoisotopic (exact) mass is 330 g/mol. The molecule has 110 valence electrons. The normalized spacial score (nSPS) is 10.3. The van der Waals surface area contributed by atoms with E-state index in [0.717, 1.165) is 0 Å². The second-order valence-corrected chi connectivity index (χ2v) is 5.46. The molecular formula is C18H12Cl2O2. The van der Waals surface area contributed by atoms with Crippen molar-refractivity contribution in [2.75, 3.05) is 0 Å². The second-order valence-electron chi connectivity index (χ2n) is 4.59. The lowest BCUT2D eigenvalue weighted by atomic mass is 10.3. The highest BCUT2D eigenvalue weighted by Crippen LogP contribution is 2.28. The fraction of sp³-hybridized carbons (Fsp3) is 0. The van der Waals surface area contributed by atoms with Gasteiger partial charge in [-0.3, -0.25) is 0 Å². The van der Waals surface area contributed by atoms with Crippen LogP contribution in [0.1, 0.15) is 0 Å². The fourth-order valence-corrected chi connectivity index (χ4v) is 2.27. The van der Waals surface area contributed by atoms with Crippen LogP contribution < -0.4 is 9.47 Å². The molecule has 0 spiro atoms. The van der Waals surface area contributed by atoms with Gasteiger partial charge in [0.05, 0.1) is 0 Å². The molecule has 0 radical (unpaired) electrons. The zero-order valence-corrected chi connectivity index (χ0v) is 13.0. The minimum atomic E-state index is 0.637. The van der Waals surface area contributed by atoms with Crippen LogP contribution in [0.25, 0.3) is 0 Å². The van der Waals surface area contributed by atoms with Gasteiger partial charge in [0.1, 0.15) is 23.0 Å². The Kier molecular flexibility index (Phi) is 4.52. The molecule has 2 nitrogen and oxygen atoms in total. The van der Waals surface area contributed by atoms with Crippen molar-refractivity contribution in [1.29, 1.82) is 0 Å². The van der Waals surface area contributed by atoms with Gasteiger partial charge in [-0.15, -0.1) is 0 Å². The third kappa shape index (κ3) is 3.94. The number of hydrogen-bond acceptors (Lipinski definition) is 2. The molecule has 0 amide bonds. The van der Waals surface area contributed by atoms with Gasteiger partial charge < -0.3 is 9.47 Å². The molecule has 0 aliphatic heterocycles. The van der Waals surface area contributed by atoms with Crippen LogP contribution in [0.15, 0.2) is 72.8 Å². The van der Waals surface area contributed by atoms with Gasteiger partial charge in [-0.05, 0) is 60.7 Å². The molecule has 0 N–H and O–H groups in total. The highest BCUT2D eigenvalue weighted by atomic mass is 35.5. The average Bonchev–Trinajstić information content (AvgIpc) is 2.49. The maximum Gasteiger partial charge on any atom is 0.128 e. The lowest BCUT2D eigenvalue weighted by Gasteiger charge is -2.08. The Hall–Kier alpha value is -2.16. The summed E-state index contributed by atoms with van der Waals surface area (Å²) in [6, 6.07) is 21.8. The van der Waals surface area contributed by atoms with E-state index in [2.05, 4.69) is 0 Å². The summed E-state index contributed by atoms with van der Waals surface area (Å²) < 4.78 is 11.4. The predicted octanol–water partition coefficient (Wildman–Crippen LogP) is 6.58. The Bertz CT molecular complexity index is 704. The lowest BCUT2D eigenvalue weighted by Crippen LogP contribution is -1.86. The van der Waals surface area contributed by atoms with Crippen molar-refractivity contribution in [2.24, 2.45) is 0 Å². The minimum Gasteiger partial charge on any atom is -0.457 e. The molecule has 0 bridgehead atoms. The van der Waals surface area contributed by atoms with Crippen LogP contribution in [0.2, 0.25) is 10.0 Å². The maximum atomic E-state index is 5.93. The second kappa shape index (κ2) is 6.73. The highest BCUT2D eigenvalue weighted by molar-refractivity contribution is 6.31. The van der Waals surface area contributed by atoms with Gasteiger partial charge in [-0.1, -0.05) is 35.3 Å². The number of rotatable bonds is 4. The lowest BCUT2D eigenvalue weighted by molar-refractivity contribution is 0.469. The van der Waals surface area contributed by atoms with Gasteiger partial charge in [-0.25, -0.2) is 0 Å². The van der Waals surface area contributed by atoms with E-state index in [9.17, 15) is 0 Å². The summed E-state index contributed by atoms with van der Waals surface area (Å²) in [6.07, 6.45) is 0. The summed E-state index contributed by atoms with van der Waals surface area (Å²) in [4.78, 5) is 0. The van der Waals surface area contributed by atoms with E-state index < -0.39 is 0 Å². The molecule has 0 aromatic heterocycles. The van der Waals surface area contributed by atoms with Crippen molar-refractivity contribution in [3.8, 4) is 23.0 Å². The van der Waals surface area contributed by atoms with Crippen molar-refractivity contribution in [3.63, 3.8) is 0 Å². The van der Waals surface area contributed by atoms with Crippen LogP contribution in [0.4, 0.5) is 0 Å². The largest absolute Gasteiger partial charge is 0.457 e. The Balaban J connectivity index is 1.70. The van der Waals surface area contributed by atoms with Gasteiger partial charge in [0.15, 0.2) is 0 Å². The van der Waals surface area contributed by atoms with Gasteiger partial charge in [-0.2, -0.15) is 0 Å². The van der Waals surface area contributed by atoms with Gasteiger partial charge in [0, 0.05) is 10.0 Å². The molecule has 0 atom stereocenters. The van der Waals surface area contributed by atoms with Crippen LogP contribution in [0.3, 0.4) is 0 Å². The molecular weight excluding hydrogens is 319 g/mol. The van der Waals surface area contributed by atoms with Crippen molar-refractivity contribution in [2.45, 2.75) is 0 Å². The third-order valence-corrected chi connectivity index (χ3v) is 3.36. The molecule has 4 heteroatoms. The first-order chi connectivity index (χ1) is 10.7. The first kappa shape index (κ1) is 14.8. The number of ether oxygens (including phenoxy) is 2. The maximum absolute atomic E-state index is 5.93. The number of benzene rings is 3. The average molecular weight is 331 g/mol. The molecule has 22 heavy (non-hydrogen) atoms. The van der Waals surface area contributed by atoms with Crippen molar-refractivity contribution >= 4 is 23.2 Å². The van der Waals surface area contributed by atoms with E-state index in [0.29, 0.717) is 33.0 Å². The van der Waals surface area contributed by atoms with E-state index >= 15 is 0 Å². The molecule has 0 heterocycles. The topological polar surface area (TPSA) is 18.5 Å². The molecule has 0 saturated carbocycles. The van der Waals surface area contributed by atoms with Gasteiger partial charge >= 0.3 is 0 Å². The minimum absolute atomic E-state index is 0.637. The van der Waals surface area contributed by atoms with E-state index in [-0.39, 0.29) is 0 Å². The van der Waals surface area contributed by atoms with Crippen LogP contribution in [-0.2, 0) is 0 Å². The Morgan fingerprint density at radius 2 is 0.909 bits per heavy atom. The summed E-state index contributed by atoms with van der Waals surface area (Å²) in [5.41, 5.74) is 0. The van der Waals surface area contributed by atoms with Crippen LogP contribution in [0.5, 0.6) is 23.0 Å². The predicted molar refractivity (Wildman–Crippen MR) is 89.5 cm³/mol. The zero-order valence-electron chi connectivity index (χ0n) is 11.5. The van der Waals surface area contributed by atoms with E-state index in [1.807, 2.05) is 48.5 Å². The molecule has 0 saturated heterocycles. The number of halogens is 2. The molecule has 3 aromatic rings. The summed E-state index contributed by atoms with van der Waals surface area (Å²) in [5, 5.41) is 1.27. The Morgan fingerprint density at radius 1 is 0.500 bits per heavy atom. The summed E-state index contributed by atoms with van der Waals surface area (Å²) in [5.74, 6) is 2.80. The first-order valence-electron chi connectivity index (χ1n) is 6.66. The molecule has 0 aliphatic carbocycles. The molecule has 0 aliphatic rings. The van der Waals surface area contributed by atoms with E-state index in [4.69, 9.17) is 32.7 Å². The van der Waals surface area contributed by atoms with Crippen LogP contribution >= 0.6 is 23.2 Å². The molecule has 3 rings (SSSR count). The summed E-state index contributed by atoms with van der Waals surface area (Å²) in [7, 11) is 0. The van der Waals surface area contributed by atoms with Gasteiger partial charge in [0.25, 0.3) is 0 Å². The van der Waals surface area contributed by atoms with Crippen molar-refractivity contribution in [3.05, 3.63) is 82.8 Å². The van der Waals surface area contributed by atoms with Crippen LogP contribution in [-0.4, -0.2) is 0 Å². The Morgan fingerprint density at radius 3 is 1.27 bits per heavy atom. The molecule has 3 aromatic carbocycles. The van der Waals surface area contributed by atoms with Crippen molar-refractivity contribution < 1.29 is 9.47 Å². The Labute approximate surface area is 138 Å². The third-order valence-electron chi connectivity index (χ3n) is 2.89. The van der Waals surface area contributed by atoms with Crippen molar-refractivity contribution in [1.82, 2.24) is 0 Å². The summed E-state index contributed by atoms with van der Waals surface area (Å²) >= 11 is 11.9. The standard InChI is InChI=1S/C18H12Cl2O2/c19-13-3-1-5-17(11-13)21-15-7-9-16(10-8-15)22-18-6-2-4-14(20)12-18/h1-12H. The number of hydrogen-bond donors (Lipinski definition) is 0. The summed E-state index contributed by atoms with van der Waals surface area (Å²) in [6.45, 7) is 0. The quantitative estimate of drug-likeness (QED) is 0.538. The van der Waals surface area contributed by atoms with E-state index in [1.165, 1.54) is 0 Å². The molecule has 0 unspecified atom stereocenters. The fourth-order valence-electron chi connectivity index (χ4n) is 1.91. The van der Waals surface area contributed by atoms with E-state index in [1.54, 1.807) is 24.3 Å². The molecule has 0 fully saturated rings.